The van der Waals surface area contributed by atoms with Gasteiger partial charge in [-0.1, -0.05) is 15.9 Å². The molecule has 0 radical (unpaired) electrons. The summed E-state index contributed by atoms with van der Waals surface area (Å²) in [4.78, 5) is 6.88. The first-order chi connectivity index (χ1) is 8.77. The maximum atomic E-state index is 5.49. The Hall–Kier alpha value is -0.610. The van der Waals surface area contributed by atoms with E-state index in [9.17, 15) is 0 Å². The lowest BCUT2D eigenvalue weighted by Gasteiger charge is -2.44. The van der Waals surface area contributed by atoms with Gasteiger partial charge in [-0.05, 0) is 43.2 Å². The maximum Gasteiger partial charge on any atom is 0.129 e. The predicted molar refractivity (Wildman–Crippen MR) is 75.9 cm³/mol. The minimum atomic E-state index is 0.556. The number of hydrogen-bond acceptors (Lipinski definition) is 3. The number of rotatable bonds is 1. The SMILES string of the molecule is Brc1ccnc(N2CCC3(CCOCC3)CC2)c1. The second-order valence-electron chi connectivity index (χ2n) is 5.43. The Labute approximate surface area is 117 Å². The Balaban J connectivity index is 1.66. The highest BCUT2D eigenvalue weighted by Gasteiger charge is 2.36. The zero-order valence-corrected chi connectivity index (χ0v) is 12.2. The fourth-order valence-corrected chi connectivity index (χ4v) is 3.40. The van der Waals surface area contributed by atoms with Crippen LogP contribution in [0.3, 0.4) is 0 Å². The summed E-state index contributed by atoms with van der Waals surface area (Å²) in [5.41, 5.74) is 0.556. The highest BCUT2D eigenvalue weighted by molar-refractivity contribution is 9.10. The Morgan fingerprint density at radius 3 is 2.56 bits per heavy atom. The first-order valence-electron chi connectivity index (χ1n) is 6.72. The van der Waals surface area contributed by atoms with E-state index in [0.29, 0.717) is 5.41 Å². The summed E-state index contributed by atoms with van der Waals surface area (Å²) in [7, 11) is 0. The highest BCUT2D eigenvalue weighted by Crippen LogP contribution is 2.41. The van der Waals surface area contributed by atoms with Crippen LogP contribution in [0.15, 0.2) is 22.8 Å². The molecule has 98 valence electrons. The van der Waals surface area contributed by atoms with Crippen molar-refractivity contribution in [2.75, 3.05) is 31.2 Å². The topological polar surface area (TPSA) is 25.4 Å². The number of halogens is 1. The molecule has 2 fully saturated rings. The van der Waals surface area contributed by atoms with E-state index >= 15 is 0 Å². The average molecular weight is 311 g/mol. The predicted octanol–water partition coefficient (Wildman–Crippen LogP) is 3.24. The summed E-state index contributed by atoms with van der Waals surface area (Å²) in [6.45, 7) is 4.16. The fourth-order valence-electron chi connectivity index (χ4n) is 3.08. The molecule has 0 aliphatic carbocycles. The van der Waals surface area contributed by atoms with Crippen molar-refractivity contribution >= 4 is 21.7 Å². The monoisotopic (exact) mass is 310 g/mol. The van der Waals surface area contributed by atoms with Crippen molar-refractivity contribution in [2.45, 2.75) is 25.7 Å². The fraction of sp³-hybridized carbons (Fsp3) is 0.643. The number of anilines is 1. The summed E-state index contributed by atoms with van der Waals surface area (Å²) in [5.74, 6) is 1.10. The van der Waals surface area contributed by atoms with Gasteiger partial charge in [-0.2, -0.15) is 0 Å². The number of nitrogens with zero attached hydrogens (tertiary/aromatic N) is 2. The molecule has 4 heteroatoms. The lowest BCUT2D eigenvalue weighted by Crippen LogP contribution is -2.43. The molecule has 0 amide bonds. The standard InChI is InChI=1S/C14H19BrN2O/c15-12-1-6-16-13(11-12)17-7-2-14(3-8-17)4-9-18-10-5-14/h1,6,11H,2-5,7-10H2. The van der Waals surface area contributed by atoms with Gasteiger partial charge in [0.1, 0.15) is 5.82 Å². The number of ether oxygens (including phenoxy) is 1. The maximum absolute atomic E-state index is 5.49. The van der Waals surface area contributed by atoms with Crippen LogP contribution in [0.4, 0.5) is 5.82 Å². The zero-order valence-electron chi connectivity index (χ0n) is 10.6. The van der Waals surface area contributed by atoms with Crippen molar-refractivity contribution in [1.29, 1.82) is 0 Å². The Kier molecular flexibility index (Phi) is 3.57. The van der Waals surface area contributed by atoms with Crippen LogP contribution in [-0.4, -0.2) is 31.3 Å². The lowest BCUT2D eigenvalue weighted by molar-refractivity contribution is 0.00206. The van der Waals surface area contributed by atoms with Gasteiger partial charge in [0.05, 0.1) is 0 Å². The number of aromatic nitrogens is 1. The molecule has 1 aromatic heterocycles. The van der Waals surface area contributed by atoms with E-state index in [0.717, 1.165) is 36.6 Å². The first-order valence-corrected chi connectivity index (χ1v) is 7.51. The van der Waals surface area contributed by atoms with Crippen molar-refractivity contribution in [3.8, 4) is 0 Å². The van der Waals surface area contributed by atoms with Gasteiger partial charge < -0.3 is 9.64 Å². The third-order valence-corrected chi connectivity index (χ3v) is 4.90. The third-order valence-electron chi connectivity index (χ3n) is 4.41. The Morgan fingerprint density at radius 2 is 1.89 bits per heavy atom. The Bertz CT molecular complexity index is 408. The summed E-state index contributed by atoms with van der Waals surface area (Å²) >= 11 is 3.52. The second kappa shape index (κ2) is 5.17. The van der Waals surface area contributed by atoms with E-state index in [1.54, 1.807) is 0 Å². The van der Waals surface area contributed by atoms with Crippen molar-refractivity contribution in [3.05, 3.63) is 22.8 Å². The van der Waals surface area contributed by atoms with Crippen LogP contribution in [-0.2, 0) is 4.74 Å². The summed E-state index contributed by atoms with van der Waals surface area (Å²) in [6.07, 6.45) is 6.92. The van der Waals surface area contributed by atoms with E-state index in [1.807, 2.05) is 12.3 Å². The van der Waals surface area contributed by atoms with Gasteiger partial charge in [0.25, 0.3) is 0 Å². The molecular formula is C14H19BrN2O. The molecule has 18 heavy (non-hydrogen) atoms. The smallest absolute Gasteiger partial charge is 0.129 e. The molecule has 3 nitrogen and oxygen atoms in total. The molecule has 0 aromatic carbocycles. The van der Waals surface area contributed by atoms with Gasteiger partial charge >= 0.3 is 0 Å². The molecule has 2 aliphatic rings. The number of piperidine rings is 1. The molecular weight excluding hydrogens is 292 g/mol. The van der Waals surface area contributed by atoms with Gasteiger partial charge in [0, 0.05) is 37.0 Å². The largest absolute Gasteiger partial charge is 0.381 e. The molecule has 1 spiro atoms. The number of hydrogen-bond donors (Lipinski definition) is 0. The molecule has 3 rings (SSSR count). The summed E-state index contributed by atoms with van der Waals surface area (Å²) in [5, 5.41) is 0. The quantitative estimate of drug-likeness (QED) is 0.796. The molecule has 1 aromatic rings. The molecule has 0 atom stereocenters. The van der Waals surface area contributed by atoms with Crippen molar-refractivity contribution in [3.63, 3.8) is 0 Å². The van der Waals surface area contributed by atoms with Gasteiger partial charge in [-0.25, -0.2) is 4.98 Å². The highest BCUT2D eigenvalue weighted by atomic mass is 79.9. The van der Waals surface area contributed by atoms with E-state index in [1.165, 1.54) is 25.7 Å². The van der Waals surface area contributed by atoms with Crippen molar-refractivity contribution in [2.24, 2.45) is 5.41 Å². The minimum Gasteiger partial charge on any atom is -0.381 e. The van der Waals surface area contributed by atoms with Crippen LogP contribution in [0.25, 0.3) is 0 Å². The molecule has 3 heterocycles. The third kappa shape index (κ3) is 2.54. The molecule has 0 unspecified atom stereocenters. The Morgan fingerprint density at radius 1 is 1.17 bits per heavy atom. The van der Waals surface area contributed by atoms with Gasteiger partial charge in [-0.15, -0.1) is 0 Å². The van der Waals surface area contributed by atoms with E-state index < -0.39 is 0 Å². The first kappa shape index (κ1) is 12.4. The summed E-state index contributed by atoms with van der Waals surface area (Å²) in [6, 6.07) is 4.09. The van der Waals surface area contributed by atoms with Crippen LogP contribution in [0.1, 0.15) is 25.7 Å². The molecule has 0 saturated carbocycles. The van der Waals surface area contributed by atoms with Crippen molar-refractivity contribution in [1.82, 2.24) is 4.98 Å². The van der Waals surface area contributed by atoms with E-state index in [-0.39, 0.29) is 0 Å². The molecule has 2 saturated heterocycles. The van der Waals surface area contributed by atoms with E-state index in [4.69, 9.17) is 4.74 Å². The normalized spacial score (nSPS) is 23.3. The average Bonchev–Trinajstić information content (AvgIpc) is 2.40. The number of pyridine rings is 1. The summed E-state index contributed by atoms with van der Waals surface area (Å²) < 4.78 is 6.60. The minimum absolute atomic E-state index is 0.556. The van der Waals surface area contributed by atoms with Gasteiger partial charge in [0.15, 0.2) is 0 Å². The second-order valence-corrected chi connectivity index (χ2v) is 6.35. The van der Waals surface area contributed by atoms with E-state index in [2.05, 4.69) is 31.9 Å². The van der Waals surface area contributed by atoms with Crippen LogP contribution < -0.4 is 4.90 Å². The van der Waals surface area contributed by atoms with Crippen LogP contribution >= 0.6 is 15.9 Å². The lowest BCUT2D eigenvalue weighted by atomic mass is 9.72. The van der Waals surface area contributed by atoms with Crippen LogP contribution in [0.2, 0.25) is 0 Å². The van der Waals surface area contributed by atoms with Gasteiger partial charge in [0.2, 0.25) is 0 Å². The van der Waals surface area contributed by atoms with Crippen LogP contribution in [0.5, 0.6) is 0 Å². The van der Waals surface area contributed by atoms with Crippen molar-refractivity contribution < 1.29 is 4.74 Å². The van der Waals surface area contributed by atoms with Gasteiger partial charge in [-0.3, -0.25) is 0 Å². The molecule has 0 N–H and O–H groups in total. The molecule has 0 bridgehead atoms. The van der Waals surface area contributed by atoms with Crippen LogP contribution in [0, 0.1) is 5.41 Å². The zero-order chi connectivity index (χ0) is 12.4. The molecule has 2 aliphatic heterocycles.